The topological polar surface area (TPSA) is 63.7 Å². The summed E-state index contributed by atoms with van der Waals surface area (Å²) in [5.41, 5.74) is 1.96. The standard InChI is InChI=1S/C19H23N3O3/c1-24-15-7-8-18(25-2)16(11-15)17-6-4-10-22(17)19(23)21-13-14-5-3-9-20-12-14/h3,5,7-9,11-12,17H,4,6,10,13H2,1-2H3,(H,21,23)/t17-/m0/s1. The number of carbonyl (C=O) groups excluding carboxylic acids is 1. The largest absolute Gasteiger partial charge is 0.497 e. The molecule has 0 unspecified atom stereocenters. The van der Waals surface area contributed by atoms with E-state index in [4.69, 9.17) is 9.47 Å². The lowest BCUT2D eigenvalue weighted by Gasteiger charge is -2.27. The van der Waals surface area contributed by atoms with Gasteiger partial charge in [0, 0.05) is 31.0 Å². The van der Waals surface area contributed by atoms with Gasteiger partial charge < -0.3 is 19.7 Å². The van der Waals surface area contributed by atoms with Crippen LogP contribution in [0.2, 0.25) is 0 Å². The molecule has 0 radical (unpaired) electrons. The molecule has 2 heterocycles. The summed E-state index contributed by atoms with van der Waals surface area (Å²) in [4.78, 5) is 18.6. The molecule has 1 saturated heterocycles. The number of nitrogens with one attached hydrogen (secondary N) is 1. The molecule has 2 amide bonds. The van der Waals surface area contributed by atoms with Crippen molar-refractivity contribution in [3.05, 3.63) is 53.9 Å². The van der Waals surface area contributed by atoms with Gasteiger partial charge in [-0.25, -0.2) is 4.79 Å². The first-order valence-electron chi connectivity index (χ1n) is 8.38. The van der Waals surface area contributed by atoms with E-state index in [1.54, 1.807) is 26.6 Å². The Morgan fingerprint density at radius 1 is 1.32 bits per heavy atom. The average molecular weight is 341 g/mol. The highest BCUT2D eigenvalue weighted by Crippen LogP contribution is 2.38. The van der Waals surface area contributed by atoms with Crippen LogP contribution in [0.15, 0.2) is 42.7 Å². The van der Waals surface area contributed by atoms with Crippen molar-refractivity contribution in [2.24, 2.45) is 0 Å². The van der Waals surface area contributed by atoms with Gasteiger partial charge in [0.2, 0.25) is 0 Å². The maximum atomic E-state index is 12.7. The van der Waals surface area contributed by atoms with Crippen molar-refractivity contribution < 1.29 is 14.3 Å². The number of amides is 2. The van der Waals surface area contributed by atoms with Crippen molar-refractivity contribution in [3.63, 3.8) is 0 Å². The molecule has 0 saturated carbocycles. The maximum Gasteiger partial charge on any atom is 0.318 e. The number of hydrogen-bond donors (Lipinski definition) is 1. The van der Waals surface area contributed by atoms with Crippen LogP contribution in [0, 0.1) is 0 Å². The molecule has 6 heteroatoms. The molecule has 0 spiro atoms. The minimum atomic E-state index is -0.0729. The smallest absolute Gasteiger partial charge is 0.318 e. The quantitative estimate of drug-likeness (QED) is 0.907. The minimum Gasteiger partial charge on any atom is -0.497 e. The molecule has 0 bridgehead atoms. The predicted octanol–water partition coefficient (Wildman–Crippen LogP) is 3.15. The second-order valence-electron chi connectivity index (χ2n) is 5.98. The monoisotopic (exact) mass is 341 g/mol. The number of pyridine rings is 1. The number of aromatic nitrogens is 1. The SMILES string of the molecule is COc1ccc(OC)c([C@@H]2CCCN2C(=O)NCc2cccnc2)c1. The first-order valence-corrected chi connectivity index (χ1v) is 8.38. The fraction of sp³-hybridized carbons (Fsp3) is 0.368. The molecule has 2 aromatic rings. The van der Waals surface area contributed by atoms with Crippen LogP contribution in [0.3, 0.4) is 0 Å². The third-order valence-electron chi connectivity index (χ3n) is 4.48. The summed E-state index contributed by atoms with van der Waals surface area (Å²) in [6.07, 6.45) is 5.35. The molecule has 1 atom stereocenters. The number of benzene rings is 1. The molecule has 0 aliphatic carbocycles. The zero-order valence-electron chi connectivity index (χ0n) is 14.6. The van der Waals surface area contributed by atoms with Crippen LogP contribution in [0.5, 0.6) is 11.5 Å². The summed E-state index contributed by atoms with van der Waals surface area (Å²) in [7, 11) is 3.28. The summed E-state index contributed by atoms with van der Waals surface area (Å²) < 4.78 is 10.8. The molecule has 1 fully saturated rings. The second kappa shape index (κ2) is 7.88. The summed E-state index contributed by atoms with van der Waals surface area (Å²) in [5, 5.41) is 2.98. The Morgan fingerprint density at radius 3 is 2.92 bits per heavy atom. The number of nitrogens with zero attached hydrogens (tertiary/aromatic N) is 2. The molecule has 132 valence electrons. The highest BCUT2D eigenvalue weighted by atomic mass is 16.5. The first kappa shape index (κ1) is 17.1. The van der Waals surface area contributed by atoms with E-state index in [0.29, 0.717) is 6.54 Å². The maximum absolute atomic E-state index is 12.7. The fourth-order valence-electron chi connectivity index (χ4n) is 3.21. The van der Waals surface area contributed by atoms with E-state index in [2.05, 4.69) is 10.3 Å². The van der Waals surface area contributed by atoms with Gasteiger partial charge in [-0.15, -0.1) is 0 Å². The predicted molar refractivity (Wildman–Crippen MR) is 94.7 cm³/mol. The molecular formula is C19H23N3O3. The minimum absolute atomic E-state index is 0.0149. The van der Waals surface area contributed by atoms with Crippen LogP contribution >= 0.6 is 0 Å². The van der Waals surface area contributed by atoms with Gasteiger partial charge in [0.1, 0.15) is 11.5 Å². The normalized spacial score (nSPS) is 16.6. The van der Waals surface area contributed by atoms with Crippen LogP contribution in [0.25, 0.3) is 0 Å². The van der Waals surface area contributed by atoms with Crippen molar-refractivity contribution in [1.82, 2.24) is 15.2 Å². The van der Waals surface area contributed by atoms with Crippen LogP contribution < -0.4 is 14.8 Å². The molecule has 1 N–H and O–H groups in total. The number of urea groups is 1. The Balaban J connectivity index is 1.75. The van der Waals surface area contributed by atoms with Crippen LogP contribution in [0.1, 0.15) is 30.0 Å². The van der Waals surface area contributed by atoms with Gasteiger partial charge >= 0.3 is 6.03 Å². The highest BCUT2D eigenvalue weighted by molar-refractivity contribution is 5.75. The molecule has 1 aliphatic heterocycles. The molecule has 1 aromatic carbocycles. The zero-order valence-corrected chi connectivity index (χ0v) is 14.6. The van der Waals surface area contributed by atoms with E-state index in [-0.39, 0.29) is 12.1 Å². The van der Waals surface area contributed by atoms with Crippen molar-refractivity contribution in [2.75, 3.05) is 20.8 Å². The molecule has 6 nitrogen and oxygen atoms in total. The summed E-state index contributed by atoms with van der Waals surface area (Å²) in [5.74, 6) is 1.54. The number of rotatable bonds is 5. The Kier molecular flexibility index (Phi) is 5.38. The summed E-state index contributed by atoms with van der Waals surface area (Å²) >= 11 is 0. The van der Waals surface area contributed by atoms with Gasteiger partial charge in [0.15, 0.2) is 0 Å². The van der Waals surface area contributed by atoms with Crippen LogP contribution in [-0.2, 0) is 6.54 Å². The van der Waals surface area contributed by atoms with E-state index >= 15 is 0 Å². The van der Waals surface area contributed by atoms with Crippen molar-refractivity contribution >= 4 is 6.03 Å². The lowest BCUT2D eigenvalue weighted by molar-refractivity contribution is 0.191. The average Bonchev–Trinajstić information content (AvgIpc) is 3.16. The van der Waals surface area contributed by atoms with Gasteiger partial charge in [-0.3, -0.25) is 4.98 Å². The third-order valence-corrected chi connectivity index (χ3v) is 4.48. The number of hydrogen-bond acceptors (Lipinski definition) is 4. The van der Waals surface area contributed by atoms with E-state index in [0.717, 1.165) is 42.0 Å². The number of ether oxygens (including phenoxy) is 2. The van der Waals surface area contributed by atoms with Crippen molar-refractivity contribution in [1.29, 1.82) is 0 Å². The Labute approximate surface area is 147 Å². The third kappa shape index (κ3) is 3.84. The zero-order chi connectivity index (χ0) is 17.6. The number of methoxy groups -OCH3 is 2. The van der Waals surface area contributed by atoms with Crippen LogP contribution in [0.4, 0.5) is 4.79 Å². The van der Waals surface area contributed by atoms with Crippen molar-refractivity contribution in [3.8, 4) is 11.5 Å². The van der Waals surface area contributed by atoms with Crippen LogP contribution in [-0.4, -0.2) is 36.7 Å². The number of likely N-dealkylation sites (tertiary alicyclic amines) is 1. The molecular weight excluding hydrogens is 318 g/mol. The Hall–Kier alpha value is -2.76. The second-order valence-corrected chi connectivity index (χ2v) is 5.98. The first-order chi connectivity index (χ1) is 12.2. The summed E-state index contributed by atoms with van der Waals surface area (Å²) in [6, 6.07) is 9.43. The van der Waals surface area contributed by atoms with E-state index in [1.165, 1.54) is 0 Å². The van der Waals surface area contributed by atoms with E-state index in [9.17, 15) is 4.79 Å². The van der Waals surface area contributed by atoms with Gasteiger partial charge in [0.05, 0.1) is 20.3 Å². The molecule has 25 heavy (non-hydrogen) atoms. The van der Waals surface area contributed by atoms with Gasteiger partial charge in [-0.05, 0) is 42.7 Å². The highest BCUT2D eigenvalue weighted by Gasteiger charge is 2.32. The van der Waals surface area contributed by atoms with E-state index < -0.39 is 0 Å². The lowest BCUT2D eigenvalue weighted by Crippen LogP contribution is -2.39. The van der Waals surface area contributed by atoms with Gasteiger partial charge in [-0.2, -0.15) is 0 Å². The Bertz CT molecular complexity index is 721. The van der Waals surface area contributed by atoms with Gasteiger partial charge in [0.25, 0.3) is 0 Å². The fourth-order valence-corrected chi connectivity index (χ4v) is 3.21. The number of carbonyl (C=O) groups is 1. The van der Waals surface area contributed by atoms with Gasteiger partial charge in [-0.1, -0.05) is 6.07 Å². The molecule has 1 aromatic heterocycles. The molecule has 3 rings (SSSR count). The van der Waals surface area contributed by atoms with Crippen molar-refractivity contribution in [2.45, 2.75) is 25.4 Å². The van der Waals surface area contributed by atoms with E-state index in [1.807, 2.05) is 35.2 Å². The Morgan fingerprint density at radius 2 is 2.20 bits per heavy atom. The lowest BCUT2D eigenvalue weighted by atomic mass is 10.0. The molecule has 1 aliphatic rings. The summed E-state index contributed by atoms with van der Waals surface area (Å²) in [6.45, 7) is 1.19.